The lowest BCUT2D eigenvalue weighted by molar-refractivity contribution is -0.129. The maximum Gasteiger partial charge on any atom is 0.341 e. The van der Waals surface area contributed by atoms with E-state index >= 15 is 0 Å². The highest BCUT2D eigenvalue weighted by atomic mass is 32.2. The van der Waals surface area contributed by atoms with Crippen LogP contribution in [-0.2, 0) is 32.1 Å². The first kappa shape index (κ1) is 38.6. The number of amides is 4. The fraction of sp³-hybridized carbons (Fsp3) is 0.256. The van der Waals surface area contributed by atoms with Crippen LogP contribution in [0.3, 0.4) is 0 Å². The number of esters is 1. The topological polar surface area (TPSA) is 152 Å². The maximum absolute atomic E-state index is 13.8. The van der Waals surface area contributed by atoms with Crippen LogP contribution in [-0.4, -0.2) is 67.1 Å². The molecule has 0 aliphatic carbocycles. The van der Waals surface area contributed by atoms with Crippen LogP contribution in [0.25, 0.3) is 6.08 Å². The number of thiophene rings is 1. The zero-order valence-corrected chi connectivity index (χ0v) is 31.6. The first-order valence-corrected chi connectivity index (χ1v) is 18.5. The van der Waals surface area contributed by atoms with Gasteiger partial charge in [-0.1, -0.05) is 36.4 Å². The van der Waals surface area contributed by atoms with E-state index in [0.717, 1.165) is 10.4 Å². The Labute approximate surface area is 315 Å². The third-order valence-corrected chi connectivity index (χ3v) is 10.5. The molecule has 53 heavy (non-hydrogen) atoms. The first-order valence-electron chi connectivity index (χ1n) is 16.8. The molecule has 1 atom stereocenters. The van der Waals surface area contributed by atoms with E-state index in [1.807, 2.05) is 6.07 Å². The van der Waals surface area contributed by atoms with Crippen molar-refractivity contribution in [2.45, 2.75) is 43.9 Å². The number of nitrogens with zero attached hydrogens (tertiary/aromatic N) is 1. The standard InChI is InChI=1S/C39H40N4O8S2/c1-6-51-39(48)33-29-18-19-43(24(3)44)22-32(29)53-38(33)42-35(45)23(2)52-28-16-11-15-27(21-28)40-37(47)30(41-36(46)25-12-8-7-9-13-25)20-26-14-10-17-31(49-4)34(26)50-5/h7-17,20-21,23H,6,18-19,22H2,1-5H3,(H,40,47)(H,41,46)(H,42,45)/b30-20+. The predicted molar refractivity (Wildman–Crippen MR) is 206 cm³/mol. The summed E-state index contributed by atoms with van der Waals surface area (Å²) in [6, 6.07) is 20.7. The van der Waals surface area contributed by atoms with Gasteiger partial charge in [0, 0.05) is 40.1 Å². The van der Waals surface area contributed by atoms with E-state index < -0.39 is 23.0 Å². The fourth-order valence-corrected chi connectivity index (χ4v) is 7.80. The molecular weight excluding hydrogens is 717 g/mol. The summed E-state index contributed by atoms with van der Waals surface area (Å²) < 4.78 is 16.3. The number of carbonyl (C=O) groups excluding carboxylic acids is 5. The molecule has 14 heteroatoms. The second-order valence-corrected chi connectivity index (χ2v) is 14.3. The second-order valence-electron chi connectivity index (χ2n) is 11.8. The van der Waals surface area contributed by atoms with Gasteiger partial charge < -0.3 is 35.1 Å². The Morgan fingerprint density at radius 3 is 2.42 bits per heavy atom. The van der Waals surface area contributed by atoms with Gasteiger partial charge in [0.15, 0.2) is 11.5 Å². The van der Waals surface area contributed by atoms with Gasteiger partial charge in [0.05, 0.1) is 38.2 Å². The molecule has 4 amide bonds. The summed E-state index contributed by atoms with van der Waals surface area (Å²) in [6.07, 6.45) is 1.99. The SMILES string of the molecule is CCOC(=O)c1c(NC(=O)C(C)Sc2cccc(NC(=O)/C(=C\c3cccc(OC)c3OC)NC(=O)c3ccccc3)c2)sc2c1CCN(C(C)=O)C2. The number of methoxy groups -OCH3 is 2. The molecule has 0 saturated heterocycles. The van der Waals surface area contributed by atoms with Crippen molar-refractivity contribution in [1.82, 2.24) is 10.2 Å². The molecule has 1 aliphatic rings. The molecule has 276 valence electrons. The number of thioether (sulfide) groups is 1. The average molecular weight is 757 g/mol. The highest BCUT2D eigenvalue weighted by Crippen LogP contribution is 2.39. The lowest BCUT2D eigenvalue weighted by Crippen LogP contribution is -2.34. The van der Waals surface area contributed by atoms with Crippen LogP contribution in [0.15, 0.2) is 83.4 Å². The van der Waals surface area contributed by atoms with Crippen LogP contribution < -0.4 is 25.4 Å². The number of hydrogen-bond donors (Lipinski definition) is 3. The van der Waals surface area contributed by atoms with Crippen molar-refractivity contribution in [3.05, 3.63) is 106 Å². The minimum absolute atomic E-state index is 0.0429. The minimum atomic E-state index is -0.606. The number of hydrogen-bond acceptors (Lipinski definition) is 10. The van der Waals surface area contributed by atoms with Gasteiger partial charge in [0.2, 0.25) is 11.8 Å². The summed E-state index contributed by atoms with van der Waals surface area (Å²) in [7, 11) is 2.99. The molecule has 1 unspecified atom stereocenters. The Hall–Kier alpha value is -5.60. The van der Waals surface area contributed by atoms with Gasteiger partial charge in [0.25, 0.3) is 11.8 Å². The second kappa shape index (κ2) is 17.8. The molecule has 0 spiro atoms. The lowest BCUT2D eigenvalue weighted by atomic mass is 10.0. The van der Waals surface area contributed by atoms with Crippen molar-refractivity contribution in [1.29, 1.82) is 0 Å². The fourth-order valence-electron chi connectivity index (χ4n) is 5.62. The van der Waals surface area contributed by atoms with E-state index in [2.05, 4.69) is 16.0 Å². The molecule has 0 saturated carbocycles. The van der Waals surface area contributed by atoms with Crippen molar-refractivity contribution in [3.63, 3.8) is 0 Å². The molecular formula is C39H40N4O8S2. The summed E-state index contributed by atoms with van der Waals surface area (Å²) in [5, 5.41) is 8.29. The van der Waals surface area contributed by atoms with Gasteiger partial charge in [-0.25, -0.2) is 4.79 Å². The highest BCUT2D eigenvalue weighted by Gasteiger charge is 2.31. The minimum Gasteiger partial charge on any atom is -0.493 e. The molecule has 3 N–H and O–H groups in total. The van der Waals surface area contributed by atoms with Crippen LogP contribution in [0.4, 0.5) is 10.7 Å². The van der Waals surface area contributed by atoms with Crippen molar-refractivity contribution in [2.24, 2.45) is 0 Å². The van der Waals surface area contributed by atoms with Crippen LogP contribution in [0.1, 0.15) is 57.5 Å². The third-order valence-electron chi connectivity index (χ3n) is 8.25. The Bertz CT molecular complexity index is 2050. The molecule has 0 radical (unpaired) electrons. The molecule has 3 aromatic carbocycles. The van der Waals surface area contributed by atoms with Gasteiger partial charge in [-0.05, 0) is 68.3 Å². The number of nitrogens with one attached hydrogen (secondary N) is 3. The summed E-state index contributed by atoms with van der Waals surface area (Å²) >= 11 is 2.54. The normalized spacial score (nSPS) is 12.9. The summed E-state index contributed by atoms with van der Waals surface area (Å²) in [4.78, 5) is 68.7. The van der Waals surface area contributed by atoms with Crippen LogP contribution >= 0.6 is 23.1 Å². The molecule has 12 nitrogen and oxygen atoms in total. The van der Waals surface area contributed by atoms with Crippen LogP contribution in [0, 0.1) is 0 Å². The van der Waals surface area contributed by atoms with E-state index in [0.29, 0.717) is 63.3 Å². The Morgan fingerprint density at radius 1 is 0.962 bits per heavy atom. The molecule has 1 aliphatic heterocycles. The van der Waals surface area contributed by atoms with Crippen molar-refractivity contribution >= 4 is 69.5 Å². The quantitative estimate of drug-likeness (QED) is 0.0803. The molecule has 5 rings (SSSR count). The van der Waals surface area contributed by atoms with Crippen molar-refractivity contribution in [2.75, 3.05) is 38.0 Å². The van der Waals surface area contributed by atoms with Gasteiger partial charge >= 0.3 is 5.97 Å². The van der Waals surface area contributed by atoms with E-state index in [-0.39, 0.29) is 24.1 Å². The van der Waals surface area contributed by atoms with Gasteiger partial charge in [0.1, 0.15) is 10.7 Å². The maximum atomic E-state index is 13.8. The predicted octanol–water partition coefficient (Wildman–Crippen LogP) is 6.38. The number of benzene rings is 3. The zero-order valence-electron chi connectivity index (χ0n) is 29.9. The Morgan fingerprint density at radius 2 is 1.72 bits per heavy atom. The van der Waals surface area contributed by atoms with Crippen molar-refractivity contribution in [3.8, 4) is 11.5 Å². The number of ether oxygens (including phenoxy) is 3. The Kier molecular flexibility index (Phi) is 12.9. The summed E-state index contributed by atoms with van der Waals surface area (Å²) in [6.45, 7) is 5.98. The lowest BCUT2D eigenvalue weighted by Gasteiger charge is -2.25. The molecule has 4 aromatic rings. The summed E-state index contributed by atoms with van der Waals surface area (Å²) in [5.41, 5.74) is 2.38. The van der Waals surface area contributed by atoms with E-state index in [1.54, 1.807) is 85.5 Å². The highest BCUT2D eigenvalue weighted by molar-refractivity contribution is 8.00. The number of rotatable bonds is 13. The average Bonchev–Trinajstić information content (AvgIpc) is 3.51. The van der Waals surface area contributed by atoms with Crippen LogP contribution in [0.2, 0.25) is 0 Å². The van der Waals surface area contributed by atoms with Gasteiger partial charge in [-0.3, -0.25) is 19.2 Å². The molecule has 2 heterocycles. The largest absolute Gasteiger partial charge is 0.493 e. The number of anilines is 2. The number of fused-ring (bicyclic) bond motifs is 1. The smallest absolute Gasteiger partial charge is 0.341 e. The zero-order chi connectivity index (χ0) is 38.1. The van der Waals surface area contributed by atoms with Gasteiger partial charge in [-0.15, -0.1) is 23.1 Å². The summed E-state index contributed by atoms with van der Waals surface area (Å²) in [5.74, 6) is -1.15. The first-order chi connectivity index (χ1) is 25.5. The van der Waals surface area contributed by atoms with E-state index in [9.17, 15) is 24.0 Å². The number of para-hydroxylation sites is 1. The van der Waals surface area contributed by atoms with Crippen molar-refractivity contribution < 1.29 is 38.2 Å². The van der Waals surface area contributed by atoms with Gasteiger partial charge in [-0.2, -0.15) is 0 Å². The van der Waals surface area contributed by atoms with E-state index in [1.165, 1.54) is 50.3 Å². The number of carbonyl (C=O) groups is 5. The van der Waals surface area contributed by atoms with Crippen LogP contribution in [0.5, 0.6) is 11.5 Å². The third kappa shape index (κ3) is 9.45. The van der Waals surface area contributed by atoms with E-state index in [4.69, 9.17) is 14.2 Å². The molecule has 0 fully saturated rings. The monoisotopic (exact) mass is 756 g/mol. The molecule has 1 aromatic heterocycles. The molecule has 0 bridgehead atoms. The Balaban J connectivity index is 1.33.